The molecule has 1 aromatic rings. The van der Waals surface area contributed by atoms with Crippen molar-refractivity contribution in [2.75, 3.05) is 6.61 Å². The third-order valence-electron chi connectivity index (χ3n) is 0.880. The van der Waals surface area contributed by atoms with E-state index >= 15 is 0 Å². The maximum atomic E-state index is 10.4. The molecule has 0 spiro atoms. The van der Waals surface area contributed by atoms with Crippen LogP contribution in [0.4, 0.5) is 0 Å². The number of carbonyl (C=O) groups excluding carboxylic acids is 1. The first-order chi connectivity index (χ1) is 4.79. The largest absolute Gasteiger partial charge is 0.389 e. The fraction of sp³-hybridized carbons (Fsp3) is 0.333. The summed E-state index contributed by atoms with van der Waals surface area (Å²) in [6.07, 6.45) is 3.21. The van der Waals surface area contributed by atoms with Crippen molar-refractivity contribution in [1.82, 2.24) is 9.94 Å². The second-order valence-electron chi connectivity index (χ2n) is 1.88. The van der Waals surface area contributed by atoms with E-state index in [1.54, 1.807) is 18.5 Å². The quantitative estimate of drug-likeness (QED) is 0.589. The molecule has 1 rings (SSSR count). The predicted molar refractivity (Wildman–Crippen MR) is 34.4 cm³/mol. The molecule has 0 aliphatic carbocycles. The molecule has 1 aromatic heterocycles. The van der Waals surface area contributed by atoms with E-state index in [-0.39, 0.29) is 12.4 Å². The van der Waals surface area contributed by atoms with E-state index in [4.69, 9.17) is 4.84 Å². The summed E-state index contributed by atoms with van der Waals surface area (Å²) in [5, 5.41) is 3.73. The highest BCUT2D eigenvalue weighted by molar-refractivity contribution is 5.76. The molecule has 0 radical (unpaired) electrons. The smallest absolute Gasteiger partial charge is 0.174 e. The lowest BCUT2D eigenvalue weighted by atomic mass is 10.5. The Hall–Kier alpha value is -1.32. The molecule has 0 atom stereocenters. The molecular weight excluding hydrogens is 132 g/mol. The van der Waals surface area contributed by atoms with Gasteiger partial charge >= 0.3 is 0 Å². The van der Waals surface area contributed by atoms with Crippen LogP contribution in [0.2, 0.25) is 0 Å². The van der Waals surface area contributed by atoms with Gasteiger partial charge < -0.3 is 4.84 Å². The third kappa shape index (κ3) is 1.89. The molecule has 0 N–H and O–H groups in total. The van der Waals surface area contributed by atoms with Gasteiger partial charge in [-0.15, -0.1) is 9.94 Å². The molecule has 4 heteroatoms. The zero-order valence-electron chi connectivity index (χ0n) is 5.65. The number of aromatic nitrogens is 2. The van der Waals surface area contributed by atoms with E-state index in [1.165, 1.54) is 11.8 Å². The van der Waals surface area contributed by atoms with Crippen molar-refractivity contribution in [2.24, 2.45) is 0 Å². The van der Waals surface area contributed by atoms with Crippen molar-refractivity contribution in [2.45, 2.75) is 6.92 Å². The maximum Gasteiger partial charge on any atom is 0.174 e. The first-order valence-corrected chi connectivity index (χ1v) is 2.91. The van der Waals surface area contributed by atoms with Crippen LogP contribution in [0.15, 0.2) is 18.5 Å². The van der Waals surface area contributed by atoms with Gasteiger partial charge in [-0.05, 0) is 13.0 Å². The standard InChI is InChI=1S/C6H8N2O2/c1-6(9)5-10-8-4-2-3-7-8/h2-4H,5H2,1H3. The summed E-state index contributed by atoms with van der Waals surface area (Å²) < 4.78 is 0. The van der Waals surface area contributed by atoms with Gasteiger partial charge in [0.2, 0.25) is 0 Å². The minimum Gasteiger partial charge on any atom is -0.389 e. The lowest BCUT2D eigenvalue weighted by molar-refractivity contribution is -0.122. The van der Waals surface area contributed by atoms with E-state index in [0.717, 1.165) is 0 Å². The van der Waals surface area contributed by atoms with Crippen LogP contribution in [0.1, 0.15) is 6.92 Å². The summed E-state index contributed by atoms with van der Waals surface area (Å²) in [6, 6.07) is 1.72. The molecule has 10 heavy (non-hydrogen) atoms. The highest BCUT2D eigenvalue weighted by Crippen LogP contribution is 1.78. The van der Waals surface area contributed by atoms with Gasteiger partial charge in [-0.2, -0.15) is 0 Å². The second kappa shape index (κ2) is 3.00. The van der Waals surface area contributed by atoms with Gasteiger partial charge in [-0.25, -0.2) is 0 Å². The van der Waals surface area contributed by atoms with Gasteiger partial charge in [-0.1, -0.05) is 0 Å². The number of rotatable bonds is 3. The summed E-state index contributed by atoms with van der Waals surface area (Å²) in [4.78, 5) is 16.5. The van der Waals surface area contributed by atoms with E-state index in [1.807, 2.05) is 0 Å². The zero-order valence-corrected chi connectivity index (χ0v) is 5.65. The van der Waals surface area contributed by atoms with E-state index < -0.39 is 0 Å². The Kier molecular flexibility index (Phi) is 2.04. The molecule has 54 valence electrons. The van der Waals surface area contributed by atoms with Crippen molar-refractivity contribution >= 4 is 5.78 Å². The van der Waals surface area contributed by atoms with Crippen molar-refractivity contribution in [3.63, 3.8) is 0 Å². The van der Waals surface area contributed by atoms with Gasteiger partial charge in [0.05, 0.1) is 12.4 Å². The molecular formula is C6H8N2O2. The van der Waals surface area contributed by atoms with Crippen LogP contribution < -0.4 is 4.84 Å². The highest BCUT2D eigenvalue weighted by Gasteiger charge is 1.92. The molecule has 0 saturated carbocycles. The van der Waals surface area contributed by atoms with E-state index in [2.05, 4.69) is 5.10 Å². The molecule has 0 aliphatic heterocycles. The van der Waals surface area contributed by atoms with Crippen LogP contribution in [-0.4, -0.2) is 22.3 Å². The number of hydrogen-bond acceptors (Lipinski definition) is 3. The lowest BCUT2D eigenvalue weighted by Gasteiger charge is -1.99. The van der Waals surface area contributed by atoms with Gasteiger partial charge in [0, 0.05) is 0 Å². The lowest BCUT2D eigenvalue weighted by Crippen LogP contribution is -2.17. The first-order valence-electron chi connectivity index (χ1n) is 2.91. The molecule has 1 heterocycles. The average molecular weight is 140 g/mol. The van der Waals surface area contributed by atoms with Gasteiger partial charge in [0.25, 0.3) is 0 Å². The number of hydrogen-bond donors (Lipinski definition) is 0. The van der Waals surface area contributed by atoms with Crippen LogP contribution in [0, 0.1) is 0 Å². The summed E-state index contributed by atoms with van der Waals surface area (Å²) in [5.41, 5.74) is 0. The van der Waals surface area contributed by atoms with Crippen LogP contribution >= 0.6 is 0 Å². The minimum absolute atomic E-state index is 0.0181. The van der Waals surface area contributed by atoms with E-state index in [9.17, 15) is 4.79 Å². The molecule has 0 saturated heterocycles. The molecule has 0 bridgehead atoms. The monoisotopic (exact) mass is 140 g/mol. The number of nitrogens with zero attached hydrogens (tertiary/aromatic N) is 2. The molecule has 0 amide bonds. The molecule has 4 nitrogen and oxygen atoms in total. The summed E-state index contributed by atoms with van der Waals surface area (Å²) in [7, 11) is 0. The Morgan fingerprint density at radius 1 is 1.80 bits per heavy atom. The molecule has 0 aliphatic rings. The van der Waals surface area contributed by atoms with Gasteiger partial charge in [0.1, 0.15) is 0 Å². The topological polar surface area (TPSA) is 44.1 Å². The Bertz CT molecular complexity index is 206. The van der Waals surface area contributed by atoms with Crippen molar-refractivity contribution in [3.8, 4) is 0 Å². The fourth-order valence-electron chi connectivity index (χ4n) is 0.488. The van der Waals surface area contributed by atoms with Crippen LogP contribution in [-0.2, 0) is 4.79 Å². The fourth-order valence-corrected chi connectivity index (χ4v) is 0.488. The number of Topliss-reactive ketones (excluding diaryl/α,β-unsaturated/α-hetero) is 1. The highest BCUT2D eigenvalue weighted by atomic mass is 16.7. The van der Waals surface area contributed by atoms with E-state index in [0.29, 0.717) is 0 Å². The third-order valence-corrected chi connectivity index (χ3v) is 0.880. The summed E-state index contributed by atoms with van der Waals surface area (Å²) in [6.45, 7) is 1.53. The zero-order chi connectivity index (χ0) is 7.40. The Morgan fingerprint density at radius 3 is 3.10 bits per heavy atom. The van der Waals surface area contributed by atoms with Crippen molar-refractivity contribution in [3.05, 3.63) is 18.5 Å². The minimum atomic E-state index is -0.0181. The number of carbonyl (C=O) groups is 1. The second-order valence-corrected chi connectivity index (χ2v) is 1.88. The summed E-state index contributed by atoms with van der Waals surface area (Å²) >= 11 is 0. The van der Waals surface area contributed by atoms with Gasteiger partial charge in [0.15, 0.2) is 12.4 Å². The Balaban J connectivity index is 2.35. The first kappa shape index (κ1) is 6.80. The predicted octanol–water partition coefficient (Wildman–Crippen LogP) is -0.0993. The van der Waals surface area contributed by atoms with Crippen molar-refractivity contribution in [1.29, 1.82) is 0 Å². The van der Waals surface area contributed by atoms with Crippen LogP contribution in [0.3, 0.4) is 0 Å². The van der Waals surface area contributed by atoms with Crippen molar-refractivity contribution < 1.29 is 9.63 Å². The molecule has 0 aromatic carbocycles. The normalized spacial score (nSPS) is 9.30. The maximum absolute atomic E-state index is 10.4. The van der Waals surface area contributed by atoms with Gasteiger partial charge in [-0.3, -0.25) is 4.79 Å². The SMILES string of the molecule is CC(=O)COn1cccn1. The van der Waals surface area contributed by atoms with Crippen LogP contribution in [0.25, 0.3) is 0 Å². The Morgan fingerprint density at radius 2 is 2.60 bits per heavy atom. The number of ketones is 1. The Labute approximate surface area is 58.4 Å². The molecule has 0 fully saturated rings. The average Bonchev–Trinajstić information content (AvgIpc) is 2.34. The summed E-state index contributed by atoms with van der Waals surface area (Å²) in [5.74, 6) is -0.0181. The molecule has 0 unspecified atom stereocenters. The van der Waals surface area contributed by atoms with Crippen LogP contribution in [0.5, 0.6) is 0 Å².